The van der Waals surface area contributed by atoms with Crippen molar-refractivity contribution in [1.82, 2.24) is 25.6 Å². The maximum absolute atomic E-state index is 12.7. The van der Waals surface area contributed by atoms with Crippen LogP contribution in [-0.2, 0) is 11.2 Å². The van der Waals surface area contributed by atoms with Crippen LogP contribution in [0.4, 0.5) is 0 Å². The Morgan fingerprint density at radius 1 is 1.07 bits per heavy atom. The molecule has 1 heterocycles. The molecule has 142 valence electrons. The van der Waals surface area contributed by atoms with Gasteiger partial charge in [-0.15, -0.1) is 16.7 Å². The van der Waals surface area contributed by atoms with Crippen LogP contribution >= 0.6 is 11.6 Å². The van der Waals surface area contributed by atoms with Crippen molar-refractivity contribution in [1.29, 1.82) is 0 Å². The highest BCUT2D eigenvalue weighted by molar-refractivity contribution is 6.27. The lowest BCUT2D eigenvalue weighted by Gasteiger charge is -2.22. The van der Waals surface area contributed by atoms with Gasteiger partial charge in [0.15, 0.2) is 5.69 Å². The van der Waals surface area contributed by atoms with Crippen LogP contribution in [0, 0.1) is 0 Å². The Morgan fingerprint density at radius 2 is 1.82 bits per heavy atom. The van der Waals surface area contributed by atoms with Crippen molar-refractivity contribution in [2.24, 2.45) is 0 Å². The average Bonchev–Trinajstić information content (AvgIpc) is 3.34. The summed E-state index contributed by atoms with van der Waals surface area (Å²) in [6.07, 6.45) is 2.20. The molecule has 0 fully saturated rings. The Morgan fingerprint density at radius 3 is 2.61 bits per heavy atom. The molecule has 2 amide bonds. The molecular weight excluding hydrogens is 378 g/mol. The monoisotopic (exact) mass is 395 g/mol. The highest BCUT2D eigenvalue weighted by atomic mass is 35.5. The van der Waals surface area contributed by atoms with E-state index < -0.39 is 0 Å². The van der Waals surface area contributed by atoms with Crippen molar-refractivity contribution < 1.29 is 9.59 Å². The van der Waals surface area contributed by atoms with E-state index >= 15 is 0 Å². The first-order valence-electron chi connectivity index (χ1n) is 8.87. The minimum atomic E-state index is -0.342. The number of nitrogens with zero attached hydrogens (tertiary/aromatic N) is 3. The topological polar surface area (TPSA) is 88.9 Å². The molecule has 0 bridgehead atoms. The van der Waals surface area contributed by atoms with Gasteiger partial charge >= 0.3 is 0 Å². The zero-order chi connectivity index (χ0) is 19.5. The fraction of sp³-hybridized carbons (Fsp3) is 0.200. The first-order chi connectivity index (χ1) is 13.7. The van der Waals surface area contributed by atoms with Crippen LogP contribution in [0.15, 0.2) is 60.8 Å². The molecule has 0 unspecified atom stereocenters. The highest BCUT2D eigenvalue weighted by Crippen LogP contribution is 2.31. The third kappa shape index (κ3) is 3.61. The van der Waals surface area contributed by atoms with E-state index in [4.69, 9.17) is 11.6 Å². The van der Waals surface area contributed by atoms with Crippen LogP contribution in [0.5, 0.6) is 0 Å². The lowest BCUT2D eigenvalue weighted by atomic mass is 10.1. The molecule has 2 aromatic carbocycles. The number of amides is 2. The summed E-state index contributed by atoms with van der Waals surface area (Å²) in [6.45, 7) is 0. The zero-order valence-corrected chi connectivity index (χ0v) is 15.6. The molecule has 7 nitrogen and oxygen atoms in total. The second-order valence-electron chi connectivity index (χ2n) is 6.55. The van der Waals surface area contributed by atoms with Crippen LogP contribution in [-0.4, -0.2) is 38.7 Å². The van der Waals surface area contributed by atoms with Crippen LogP contribution in [0.1, 0.15) is 27.7 Å². The highest BCUT2D eigenvalue weighted by Gasteiger charge is 2.34. The zero-order valence-electron chi connectivity index (χ0n) is 14.9. The molecule has 1 aliphatic carbocycles. The molecule has 0 aliphatic heterocycles. The summed E-state index contributed by atoms with van der Waals surface area (Å²) >= 11 is 5.65. The average molecular weight is 396 g/mol. The fourth-order valence-electron chi connectivity index (χ4n) is 3.44. The standard InChI is InChI=1S/C20H18ClN5O2/c21-11-18(27)23-19-15-9-5-4-6-13(15)10-16(19)22-20(28)17-12-26(25-24-17)14-7-2-1-3-8-14/h1-9,12,16,19H,10-11H2,(H,22,28)(H,23,27)/t16-,19-/m1/s1. The number of hydrogen-bond acceptors (Lipinski definition) is 4. The van der Waals surface area contributed by atoms with Gasteiger partial charge in [-0.25, -0.2) is 4.68 Å². The van der Waals surface area contributed by atoms with Gasteiger partial charge in [0.05, 0.1) is 24.0 Å². The summed E-state index contributed by atoms with van der Waals surface area (Å²) in [4.78, 5) is 24.6. The predicted molar refractivity (Wildman–Crippen MR) is 104 cm³/mol. The summed E-state index contributed by atoms with van der Waals surface area (Å²) in [5, 5.41) is 13.9. The first-order valence-corrected chi connectivity index (χ1v) is 9.41. The molecule has 0 saturated heterocycles. The number of nitrogens with one attached hydrogen (secondary N) is 2. The van der Waals surface area contributed by atoms with Crippen LogP contribution in [0.3, 0.4) is 0 Å². The number of rotatable bonds is 5. The molecule has 3 aromatic rings. The molecule has 0 radical (unpaired) electrons. The smallest absolute Gasteiger partial charge is 0.273 e. The molecule has 2 N–H and O–H groups in total. The van der Waals surface area contributed by atoms with Gasteiger partial charge in [0, 0.05) is 0 Å². The number of para-hydroxylation sites is 1. The summed E-state index contributed by atoms with van der Waals surface area (Å²) < 4.78 is 1.55. The lowest BCUT2D eigenvalue weighted by Crippen LogP contribution is -2.44. The van der Waals surface area contributed by atoms with Gasteiger partial charge in [-0.2, -0.15) is 0 Å². The Hall–Kier alpha value is -3.19. The maximum atomic E-state index is 12.7. The molecule has 1 aliphatic rings. The first kappa shape index (κ1) is 18.2. The van der Waals surface area contributed by atoms with Crippen molar-refractivity contribution in [2.45, 2.75) is 18.5 Å². The van der Waals surface area contributed by atoms with E-state index in [1.54, 1.807) is 10.9 Å². The SMILES string of the molecule is O=C(CCl)N[C@@H]1c2ccccc2C[C@H]1NC(=O)c1cn(-c2ccccc2)nn1. The van der Waals surface area contributed by atoms with Crippen LogP contribution in [0.25, 0.3) is 5.69 Å². The largest absolute Gasteiger partial charge is 0.346 e. The van der Waals surface area contributed by atoms with Crippen molar-refractivity contribution in [2.75, 3.05) is 5.88 Å². The van der Waals surface area contributed by atoms with E-state index in [0.717, 1.165) is 16.8 Å². The summed E-state index contributed by atoms with van der Waals surface area (Å²) in [5.74, 6) is -0.757. The number of carbonyl (C=O) groups excluding carboxylic acids is 2. The fourth-order valence-corrected chi connectivity index (χ4v) is 3.51. The van der Waals surface area contributed by atoms with Gasteiger partial charge in [-0.1, -0.05) is 47.7 Å². The van der Waals surface area contributed by atoms with Gasteiger partial charge in [0.2, 0.25) is 5.91 Å². The molecule has 2 atom stereocenters. The number of carbonyl (C=O) groups is 2. The number of alkyl halides is 1. The van der Waals surface area contributed by atoms with E-state index in [1.165, 1.54) is 0 Å². The molecule has 4 rings (SSSR count). The normalized spacial score (nSPS) is 17.8. The maximum Gasteiger partial charge on any atom is 0.273 e. The minimum absolute atomic E-state index is 0.134. The molecule has 8 heteroatoms. The van der Waals surface area contributed by atoms with E-state index in [-0.39, 0.29) is 35.5 Å². The Bertz CT molecular complexity index is 1000. The molecular formula is C20H18ClN5O2. The molecule has 1 aromatic heterocycles. The third-order valence-corrected chi connectivity index (χ3v) is 4.98. The van der Waals surface area contributed by atoms with E-state index in [9.17, 15) is 9.59 Å². The van der Waals surface area contributed by atoms with Crippen molar-refractivity contribution in [3.63, 3.8) is 0 Å². The quantitative estimate of drug-likeness (QED) is 0.647. The number of benzene rings is 2. The van der Waals surface area contributed by atoms with E-state index in [1.807, 2.05) is 54.6 Å². The van der Waals surface area contributed by atoms with Gasteiger partial charge in [-0.3, -0.25) is 9.59 Å². The van der Waals surface area contributed by atoms with Crippen LogP contribution in [0.2, 0.25) is 0 Å². The Kier molecular flexibility index (Phi) is 5.08. The van der Waals surface area contributed by atoms with Crippen molar-refractivity contribution in [3.05, 3.63) is 77.6 Å². The van der Waals surface area contributed by atoms with Gasteiger partial charge in [0.1, 0.15) is 5.88 Å². The molecule has 28 heavy (non-hydrogen) atoms. The Labute approximate surface area is 166 Å². The number of aromatic nitrogens is 3. The number of fused-ring (bicyclic) bond motifs is 1. The summed E-state index contributed by atoms with van der Waals surface area (Å²) in [6, 6.07) is 16.6. The van der Waals surface area contributed by atoms with Crippen molar-refractivity contribution >= 4 is 23.4 Å². The molecule has 0 spiro atoms. The Balaban J connectivity index is 1.52. The summed E-state index contributed by atoms with van der Waals surface area (Å²) in [5.41, 5.74) is 3.09. The number of halogens is 1. The van der Waals surface area contributed by atoms with Crippen molar-refractivity contribution in [3.8, 4) is 5.69 Å². The van der Waals surface area contributed by atoms with Crippen LogP contribution < -0.4 is 10.6 Å². The van der Waals surface area contributed by atoms with E-state index in [2.05, 4.69) is 20.9 Å². The van der Waals surface area contributed by atoms with E-state index in [0.29, 0.717) is 6.42 Å². The second-order valence-corrected chi connectivity index (χ2v) is 6.81. The number of hydrogen-bond donors (Lipinski definition) is 2. The van der Waals surface area contributed by atoms with Gasteiger partial charge < -0.3 is 10.6 Å². The second kappa shape index (κ2) is 7.82. The summed E-state index contributed by atoms with van der Waals surface area (Å²) in [7, 11) is 0. The lowest BCUT2D eigenvalue weighted by molar-refractivity contribution is -0.119. The minimum Gasteiger partial charge on any atom is -0.346 e. The van der Waals surface area contributed by atoms with Gasteiger partial charge in [-0.05, 0) is 29.7 Å². The van der Waals surface area contributed by atoms with Gasteiger partial charge in [0.25, 0.3) is 5.91 Å². The third-order valence-electron chi connectivity index (χ3n) is 4.73. The molecule has 0 saturated carbocycles. The predicted octanol–water partition coefficient (Wildman–Crippen LogP) is 2.02.